The summed E-state index contributed by atoms with van der Waals surface area (Å²) in [7, 11) is -1.96. The van der Waals surface area contributed by atoms with E-state index in [4.69, 9.17) is 0 Å². The van der Waals surface area contributed by atoms with Gasteiger partial charge in [0.2, 0.25) is 5.95 Å². The highest BCUT2D eigenvalue weighted by Gasteiger charge is 2.17. The lowest BCUT2D eigenvalue weighted by Crippen LogP contribution is -2.04. The molecule has 0 fully saturated rings. The summed E-state index contributed by atoms with van der Waals surface area (Å²) in [5, 5.41) is 13.1. The number of nitrogens with one attached hydrogen (secondary N) is 3. The summed E-state index contributed by atoms with van der Waals surface area (Å²) in [6.07, 6.45) is 2.46. The van der Waals surface area contributed by atoms with Gasteiger partial charge in [-0.25, -0.2) is 27.2 Å². The first kappa shape index (κ1) is 20.6. The summed E-state index contributed by atoms with van der Waals surface area (Å²) in [6.45, 7) is 1.55. The van der Waals surface area contributed by atoms with Crippen LogP contribution in [0, 0.1) is 18.6 Å². The van der Waals surface area contributed by atoms with Gasteiger partial charge in [0.1, 0.15) is 17.5 Å². The van der Waals surface area contributed by atoms with Crippen LogP contribution in [0.5, 0.6) is 0 Å². The number of hydrogen-bond acceptors (Lipinski definition) is 8. The predicted octanol–water partition coefficient (Wildman–Crippen LogP) is 3.19. The number of rotatable bonds is 5. The highest BCUT2D eigenvalue weighted by atomic mass is 32.2. The van der Waals surface area contributed by atoms with Crippen molar-refractivity contribution in [3.8, 4) is 11.3 Å². The van der Waals surface area contributed by atoms with Gasteiger partial charge in [0.05, 0.1) is 21.8 Å². The van der Waals surface area contributed by atoms with Crippen LogP contribution in [0.15, 0.2) is 35.4 Å². The lowest BCUT2D eigenvalue weighted by atomic mass is 10.1. The zero-order chi connectivity index (χ0) is 22.3. The zero-order valence-electron chi connectivity index (χ0n) is 16.7. The van der Waals surface area contributed by atoms with Gasteiger partial charge in [-0.3, -0.25) is 5.10 Å². The van der Waals surface area contributed by atoms with E-state index < -0.39 is 21.5 Å². The van der Waals surface area contributed by atoms with Crippen LogP contribution in [0.4, 0.5) is 26.2 Å². The maximum Gasteiger partial charge on any atom is 0.229 e. The van der Waals surface area contributed by atoms with Crippen LogP contribution in [-0.2, 0) is 9.84 Å². The number of anilines is 3. The Bertz CT molecular complexity index is 1420. The predicted molar refractivity (Wildman–Crippen MR) is 112 cm³/mol. The Morgan fingerprint density at radius 1 is 1.10 bits per heavy atom. The molecule has 0 radical (unpaired) electrons. The summed E-state index contributed by atoms with van der Waals surface area (Å²) >= 11 is 0. The SMILES string of the molecule is CNc1nc(Nc2cc(F)cc(S(C)(=O)=O)c2)ncc1-c1[nH]nc2nc(C)c(F)cc12. The van der Waals surface area contributed by atoms with Gasteiger partial charge in [-0.05, 0) is 31.2 Å². The van der Waals surface area contributed by atoms with E-state index in [-0.39, 0.29) is 22.2 Å². The fourth-order valence-corrected chi connectivity index (χ4v) is 3.67. The lowest BCUT2D eigenvalue weighted by molar-refractivity contribution is 0.596. The Morgan fingerprint density at radius 2 is 1.87 bits per heavy atom. The van der Waals surface area contributed by atoms with E-state index in [1.165, 1.54) is 18.3 Å². The van der Waals surface area contributed by atoms with Crippen molar-refractivity contribution in [2.45, 2.75) is 11.8 Å². The van der Waals surface area contributed by atoms with Gasteiger partial charge < -0.3 is 10.6 Å². The number of aromatic amines is 1. The Labute approximate surface area is 175 Å². The molecule has 4 rings (SSSR count). The van der Waals surface area contributed by atoms with Crippen molar-refractivity contribution < 1.29 is 17.2 Å². The molecule has 0 amide bonds. The highest BCUT2D eigenvalue weighted by molar-refractivity contribution is 7.90. The molecule has 3 heterocycles. The third kappa shape index (κ3) is 4.01. The summed E-state index contributed by atoms with van der Waals surface area (Å²) in [5.74, 6) is -0.705. The molecule has 0 aliphatic rings. The first-order valence-corrected chi connectivity index (χ1v) is 10.9. The van der Waals surface area contributed by atoms with Gasteiger partial charge in [0.15, 0.2) is 15.5 Å². The van der Waals surface area contributed by atoms with Gasteiger partial charge in [0, 0.05) is 30.6 Å². The molecule has 3 N–H and O–H groups in total. The molecule has 0 saturated heterocycles. The van der Waals surface area contributed by atoms with Gasteiger partial charge in [-0.1, -0.05) is 0 Å². The lowest BCUT2D eigenvalue weighted by Gasteiger charge is -2.11. The molecule has 0 aliphatic heterocycles. The second-order valence-corrected chi connectivity index (χ2v) is 8.82. The zero-order valence-corrected chi connectivity index (χ0v) is 17.5. The summed E-state index contributed by atoms with van der Waals surface area (Å²) < 4.78 is 51.4. The average Bonchev–Trinajstić information content (AvgIpc) is 3.09. The third-order valence-electron chi connectivity index (χ3n) is 4.52. The maximum atomic E-state index is 14.0. The molecule has 0 bridgehead atoms. The topological polar surface area (TPSA) is 126 Å². The van der Waals surface area contributed by atoms with Crippen LogP contribution >= 0.6 is 0 Å². The van der Waals surface area contributed by atoms with Crippen molar-refractivity contribution in [2.75, 3.05) is 23.9 Å². The molecule has 31 heavy (non-hydrogen) atoms. The first-order valence-electron chi connectivity index (χ1n) is 9.00. The van der Waals surface area contributed by atoms with E-state index in [0.29, 0.717) is 28.1 Å². The fraction of sp³-hybridized carbons (Fsp3) is 0.158. The first-order chi connectivity index (χ1) is 14.7. The number of H-pyrrole nitrogens is 1. The number of pyridine rings is 1. The van der Waals surface area contributed by atoms with E-state index in [1.807, 2.05) is 0 Å². The van der Waals surface area contributed by atoms with E-state index in [9.17, 15) is 17.2 Å². The molecule has 4 aromatic rings. The van der Waals surface area contributed by atoms with E-state index in [0.717, 1.165) is 18.4 Å². The summed E-state index contributed by atoms with van der Waals surface area (Å²) in [6, 6.07) is 4.68. The average molecular weight is 445 g/mol. The number of benzene rings is 1. The van der Waals surface area contributed by atoms with Crippen LogP contribution in [-0.4, -0.2) is 46.9 Å². The standard InChI is InChI=1S/C19H17F2N7O2S/c1-9-15(21)7-13-16(27-28-18(13)24-9)14-8-23-19(26-17(14)22-2)25-11-4-10(20)5-12(6-11)31(3,29)30/h4-8H,1-3H3,(H,24,27,28)(H2,22,23,25,26). The number of sulfone groups is 1. The number of aromatic nitrogens is 5. The molecule has 0 unspecified atom stereocenters. The van der Waals surface area contributed by atoms with Crippen molar-refractivity contribution in [3.63, 3.8) is 0 Å². The van der Waals surface area contributed by atoms with E-state index >= 15 is 0 Å². The number of fused-ring (bicyclic) bond motifs is 1. The number of aryl methyl sites for hydroxylation is 1. The molecule has 3 aromatic heterocycles. The molecule has 0 saturated carbocycles. The fourth-order valence-electron chi connectivity index (χ4n) is 3.01. The van der Waals surface area contributed by atoms with Gasteiger partial charge >= 0.3 is 0 Å². The van der Waals surface area contributed by atoms with Gasteiger partial charge in [-0.2, -0.15) is 10.1 Å². The number of nitrogens with zero attached hydrogens (tertiary/aromatic N) is 4. The van der Waals surface area contributed by atoms with Gasteiger partial charge in [0.25, 0.3) is 0 Å². The van der Waals surface area contributed by atoms with Gasteiger partial charge in [-0.15, -0.1) is 0 Å². The Hall–Kier alpha value is -3.67. The largest absolute Gasteiger partial charge is 0.372 e. The Balaban J connectivity index is 1.74. The minimum absolute atomic E-state index is 0.0992. The third-order valence-corrected chi connectivity index (χ3v) is 5.62. The minimum Gasteiger partial charge on any atom is -0.372 e. The van der Waals surface area contributed by atoms with E-state index in [1.54, 1.807) is 14.0 Å². The monoisotopic (exact) mass is 445 g/mol. The van der Waals surface area contributed by atoms with Crippen molar-refractivity contribution in [1.82, 2.24) is 25.1 Å². The molecule has 12 heteroatoms. The summed E-state index contributed by atoms with van der Waals surface area (Å²) in [4.78, 5) is 12.5. The highest BCUT2D eigenvalue weighted by Crippen LogP contribution is 2.31. The van der Waals surface area contributed by atoms with Crippen LogP contribution in [0.1, 0.15) is 5.69 Å². The van der Waals surface area contributed by atoms with Crippen molar-refractivity contribution in [1.29, 1.82) is 0 Å². The quantitative estimate of drug-likeness (QED) is 0.428. The van der Waals surface area contributed by atoms with Crippen LogP contribution in [0.3, 0.4) is 0 Å². The minimum atomic E-state index is -3.60. The van der Waals surface area contributed by atoms with Crippen LogP contribution in [0.25, 0.3) is 22.3 Å². The smallest absolute Gasteiger partial charge is 0.229 e. The van der Waals surface area contributed by atoms with Crippen molar-refractivity contribution >= 4 is 38.3 Å². The second-order valence-electron chi connectivity index (χ2n) is 6.80. The molecule has 0 spiro atoms. The Morgan fingerprint density at radius 3 is 2.58 bits per heavy atom. The normalized spacial score (nSPS) is 11.6. The molecule has 9 nitrogen and oxygen atoms in total. The molecule has 0 aliphatic carbocycles. The number of hydrogen-bond donors (Lipinski definition) is 3. The van der Waals surface area contributed by atoms with Crippen LogP contribution in [0.2, 0.25) is 0 Å². The molecular formula is C19H17F2N7O2S. The molecule has 1 aromatic carbocycles. The van der Waals surface area contributed by atoms with Crippen molar-refractivity contribution in [2.24, 2.45) is 0 Å². The maximum absolute atomic E-state index is 14.0. The van der Waals surface area contributed by atoms with E-state index in [2.05, 4.69) is 35.8 Å². The summed E-state index contributed by atoms with van der Waals surface area (Å²) in [5.41, 5.74) is 1.74. The Kier molecular flexibility index (Phi) is 5.01. The van der Waals surface area contributed by atoms with Crippen molar-refractivity contribution in [3.05, 3.63) is 47.8 Å². The second kappa shape index (κ2) is 7.54. The molecule has 0 atom stereocenters. The number of halogens is 2. The molecular weight excluding hydrogens is 428 g/mol. The van der Waals surface area contributed by atoms with Crippen LogP contribution < -0.4 is 10.6 Å². The molecule has 160 valence electrons.